The minimum atomic E-state index is -2.06. The van der Waals surface area contributed by atoms with Crippen molar-refractivity contribution < 1.29 is 18.7 Å². The van der Waals surface area contributed by atoms with E-state index >= 15 is 0 Å². The average Bonchev–Trinajstić information content (AvgIpc) is 1.83. The van der Waals surface area contributed by atoms with Gasteiger partial charge in [0.1, 0.15) is 0 Å². The Morgan fingerprint density at radius 3 is 2.62 bits per heavy atom. The van der Waals surface area contributed by atoms with Gasteiger partial charge in [0.15, 0.2) is 0 Å². The second-order valence-electron chi connectivity index (χ2n) is 0.887. The molecule has 5 heteroatoms. The van der Waals surface area contributed by atoms with Gasteiger partial charge in [-0.05, 0) is 6.92 Å². The van der Waals surface area contributed by atoms with Crippen molar-refractivity contribution in [2.45, 2.75) is 6.92 Å². The van der Waals surface area contributed by atoms with Crippen molar-refractivity contribution >= 4 is 8.25 Å². The molecule has 0 amide bonds. The topological polar surface area (TPSA) is 44.8 Å². The summed E-state index contributed by atoms with van der Waals surface area (Å²) in [5, 5.41) is 0. The van der Waals surface area contributed by atoms with Gasteiger partial charge in [0.05, 0.1) is 18.4 Å². The fourth-order valence-corrected chi connectivity index (χ4v) is 0.379. The highest BCUT2D eigenvalue weighted by Gasteiger charge is 2.17. The van der Waals surface area contributed by atoms with Gasteiger partial charge in [0.2, 0.25) is 0 Å². The first kappa shape index (κ1) is 7.98. The van der Waals surface area contributed by atoms with Crippen molar-refractivity contribution in [3.05, 3.63) is 0 Å². The van der Waals surface area contributed by atoms with Crippen LogP contribution in [0, 0.1) is 0 Å². The summed E-state index contributed by atoms with van der Waals surface area (Å²) >= 11 is 0. The van der Waals surface area contributed by atoms with E-state index in [1.807, 2.05) is 0 Å². The predicted molar refractivity (Wildman–Crippen MR) is 27.3 cm³/mol. The van der Waals surface area contributed by atoms with Crippen LogP contribution in [-0.4, -0.2) is 13.7 Å². The first-order chi connectivity index (χ1) is 3.81. The van der Waals surface area contributed by atoms with Crippen LogP contribution < -0.4 is 0 Å². The van der Waals surface area contributed by atoms with Crippen molar-refractivity contribution in [2.75, 3.05) is 13.7 Å². The second kappa shape index (κ2) is 5.12. The molecule has 8 heavy (non-hydrogen) atoms. The average molecular weight is 139 g/mol. The van der Waals surface area contributed by atoms with E-state index in [4.69, 9.17) is 0 Å². The molecule has 48 valence electrons. The Morgan fingerprint density at radius 2 is 2.25 bits per heavy atom. The van der Waals surface area contributed by atoms with E-state index in [-0.39, 0.29) is 0 Å². The van der Waals surface area contributed by atoms with Gasteiger partial charge in [0, 0.05) is 4.57 Å². The third-order valence-corrected chi connectivity index (χ3v) is 0.906. The second-order valence-corrected chi connectivity index (χ2v) is 1.85. The molecule has 0 aromatic heterocycles. The van der Waals surface area contributed by atoms with Crippen molar-refractivity contribution in [3.8, 4) is 0 Å². The lowest BCUT2D eigenvalue weighted by atomic mass is 10.9. The van der Waals surface area contributed by atoms with Gasteiger partial charge in [-0.15, -0.1) is 4.52 Å². The Kier molecular flexibility index (Phi) is 5.11. The van der Waals surface area contributed by atoms with Crippen LogP contribution in [0.4, 0.5) is 0 Å². The molecule has 0 aliphatic carbocycles. The molecule has 0 saturated heterocycles. The molecule has 0 fully saturated rings. The first-order valence-corrected chi connectivity index (χ1v) is 3.21. The highest BCUT2D eigenvalue weighted by molar-refractivity contribution is 7.33. The van der Waals surface area contributed by atoms with Gasteiger partial charge < -0.3 is 0 Å². The molecule has 0 aliphatic rings. The summed E-state index contributed by atoms with van der Waals surface area (Å²) < 4.78 is 18.5. The molecule has 1 unspecified atom stereocenters. The van der Waals surface area contributed by atoms with Gasteiger partial charge in [-0.1, -0.05) is 0 Å². The van der Waals surface area contributed by atoms with Gasteiger partial charge >= 0.3 is 8.25 Å². The molecule has 0 aromatic rings. The maximum absolute atomic E-state index is 10.1. The summed E-state index contributed by atoms with van der Waals surface area (Å²) in [5.41, 5.74) is 0. The quantitative estimate of drug-likeness (QED) is 0.334. The van der Waals surface area contributed by atoms with Gasteiger partial charge in [-0.25, -0.2) is 0 Å². The normalized spacial score (nSPS) is 11.5. The number of hydrogen-bond donors (Lipinski definition) is 0. The van der Waals surface area contributed by atoms with Crippen molar-refractivity contribution in [1.82, 2.24) is 0 Å². The van der Waals surface area contributed by atoms with Crippen molar-refractivity contribution in [1.29, 1.82) is 0 Å². The largest absolute Gasteiger partial charge is 0.728 e. The van der Waals surface area contributed by atoms with E-state index in [0.717, 1.165) is 0 Å². The summed E-state index contributed by atoms with van der Waals surface area (Å²) in [6.07, 6.45) is 0. The van der Waals surface area contributed by atoms with E-state index in [2.05, 4.69) is 14.1 Å². The van der Waals surface area contributed by atoms with Crippen LogP contribution in [0.15, 0.2) is 0 Å². The van der Waals surface area contributed by atoms with E-state index < -0.39 is 8.25 Å². The molecule has 0 rings (SSSR count). The Bertz CT molecular complexity index is 73.7. The molecule has 1 atom stereocenters. The van der Waals surface area contributed by atoms with Crippen LogP contribution in [0.25, 0.3) is 0 Å². The van der Waals surface area contributed by atoms with E-state index in [1.165, 1.54) is 7.11 Å². The van der Waals surface area contributed by atoms with Crippen LogP contribution in [-0.2, 0) is 18.7 Å². The molecule has 0 bridgehead atoms. The van der Waals surface area contributed by atoms with E-state index in [0.29, 0.717) is 6.61 Å². The molecule has 0 N–H and O–H groups in total. The standard InChI is InChI=1S/C3H8O4P/c1-3-6-7-8(4)5-2/h3H2,1-2H3/q+1. The molecule has 0 radical (unpaired) electrons. The minimum Gasteiger partial charge on any atom is -0.188 e. The maximum atomic E-state index is 10.1. The van der Waals surface area contributed by atoms with E-state index in [9.17, 15) is 4.57 Å². The fraction of sp³-hybridized carbons (Fsp3) is 1.00. The predicted octanol–water partition coefficient (Wildman–Crippen LogP) is 1.26. The fourth-order valence-electron chi connectivity index (χ4n) is 0.126. The SMILES string of the molecule is CCOO[P+](=O)OC. The zero-order valence-corrected chi connectivity index (χ0v) is 5.68. The van der Waals surface area contributed by atoms with E-state index in [1.54, 1.807) is 6.92 Å². The molecule has 0 spiro atoms. The molecular weight excluding hydrogens is 131 g/mol. The van der Waals surface area contributed by atoms with Crippen LogP contribution in [0.3, 0.4) is 0 Å². The molecular formula is C3H8O4P+. The maximum Gasteiger partial charge on any atom is 0.728 e. The summed E-state index contributed by atoms with van der Waals surface area (Å²) in [6.45, 7) is 2.09. The molecule has 0 aliphatic heterocycles. The zero-order chi connectivity index (χ0) is 6.41. The van der Waals surface area contributed by atoms with Gasteiger partial charge in [0.25, 0.3) is 0 Å². The Morgan fingerprint density at radius 1 is 1.62 bits per heavy atom. The van der Waals surface area contributed by atoms with Gasteiger partial charge in [-0.3, -0.25) is 0 Å². The van der Waals surface area contributed by atoms with Crippen LogP contribution >= 0.6 is 8.25 Å². The first-order valence-electron chi connectivity index (χ1n) is 2.12. The molecule has 0 saturated carbocycles. The Labute approximate surface area is 48.6 Å². The molecule has 4 nitrogen and oxygen atoms in total. The summed E-state index contributed by atoms with van der Waals surface area (Å²) in [6, 6.07) is 0. The van der Waals surface area contributed by atoms with Crippen molar-refractivity contribution in [3.63, 3.8) is 0 Å². The monoisotopic (exact) mass is 139 g/mol. The Balaban J connectivity index is 2.99. The number of hydrogen-bond acceptors (Lipinski definition) is 4. The molecule has 0 aromatic carbocycles. The Hall–Kier alpha value is -0.0200. The third-order valence-electron chi connectivity index (χ3n) is 0.380. The summed E-state index contributed by atoms with van der Waals surface area (Å²) in [7, 11) is -0.781. The number of rotatable bonds is 4. The lowest BCUT2D eigenvalue weighted by Crippen LogP contribution is -1.84. The van der Waals surface area contributed by atoms with Gasteiger partial charge in [-0.2, -0.15) is 4.89 Å². The highest BCUT2D eigenvalue weighted by atomic mass is 31.1. The smallest absolute Gasteiger partial charge is 0.188 e. The summed E-state index contributed by atoms with van der Waals surface area (Å²) in [5.74, 6) is 0. The lowest BCUT2D eigenvalue weighted by molar-refractivity contribution is -0.204. The van der Waals surface area contributed by atoms with Crippen molar-refractivity contribution in [2.24, 2.45) is 0 Å². The lowest BCUT2D eigenvalue weighted by Gasteiger charge is -1.81. The van der Waals surface area contributed by atoms with Crippen LogP contribution in [0.5, 0.6) is 0 Å². The zero-order valence-electron chi connectivity index (χ0n) is 4.79. The third kappa shape index (κ3) is 4.15. The minimum absolute atomic E-state index is 0.366. The highest BCUT2D eigenvalue weighted by Crippen LogP contribution is 2.21. The van der Waals surface area contributed by atoms with Crippen LogP contribution in [0.2, 0.25) is 0 Å². The summed E-state index contributed by atoms with van der Waals surface area (Å²) in [4.78, 5) is 4.28. The molecule has 0 heterocycles. The van der Waals surface area contributed by atoms with Crippen LogP contribution in [0.1, 0.15) is 6.92 Å².